The van der Waals surface area contributed by atoms with Crippen molar-refractivity contribution in [2.24, 2.45) is 0 Å². The van der Waals surface area contributed by atoms with Gasteiger partial charge in [0.1, 0.15) is 5.82 Å². The maximum atomic E-state index is 13.6. The zero-order chi connectivity index (χ0) is 16.1. The number of thioether (sulfide) groups is 1. The zero-order valence-electron chi connectivity index (χ0n) is 11.6. The molecule has 0 spiro atoms. The van der Waals surface area contributed by atoms with Crippen LogP contribution in [0.4, 0.5) is 4.39 Å². The monoisotopic (exact) mass is 391 g/mol. The van der Waals surface area contributed by atoms with Gasteiger partial charge in [0.25, 0.3) is 0 Å². The molecule has 22 heavy (non-hydrogen) atoms. The quantitative estimate of drug-likeness (QED) is 0.776. The minimum absolute atomic E-state index is 0.137. The van der Waals surface area contributed by atoms with Crippen LogP contribution in [0.1, 0.15) is 12.0 Å². The Hall–Kier alpha value is -1.12. The van der Waals surface area contributed by atoms with E-state index in [2.05, 4.69) is 21.2 Å². The van der Waals surface area contributed by atoms with Crippen LogP contribution in [0.15, 0.2) is 22.7 Å². The number of hydrogen-bond donors (Lipinski definition) is 2. The molecule has 1 saturated heterocycles. The van der Waals surface area contributed by atoms with E-state index in [1.165, 1.54) is 17.8 Å². The lowest BCUT2D eigenvalue weighted by atomic mass is 10.1. The van der Waals surface area contributed by atoms with Gasteiger partial charge in [-0.2, -0.15) is 0 Å². The summed E-state index contributed by atoms with van der Waals surface area (Å²) < 4.78 is 19.3. The minimum Gasteiger partial charge on any atom is -0.479 e. The van der Waals surface area contributed by atoms with E-state index in [0.29, 0.717) is 28.8 Å². The Balaban J connectivity index is 1.77. The maximum Gasteiger partial charge on any atom is 0.334 e. The Morgan fingerprint density at radius 3 is 2.95 bits per heavy atom. The molecular weight excluding hydrogens is 377 g/mol. The highest BCUT2D eigenvalue weighted by Crippen LogP contribution is 2.20. The van der Waals surface area contributed by atoms with E-state index in [0.717, 1.165) is 0 Å². The number of aliphatic carboxylic acids is 1. The Labute approximate surface area is 139 Å². The van der Waals surface area contributed by atoms with Crippen LogP contribution in [0, 0.1) is 5.82 Å². The number of carboxylic acids is 1. The van der Waals surface area contributed by atoms with Gasteiger partial charge in [-0.25, -0.2) is 9.18 Å². The number of halogens is 2. The predicted octanol–water partition coefficient (Wildman–Crippen LogP) is 2.18. The number of carboxylic acid groups (broad SMARTS) is 1. The standard InChI is InChI=1S/C14H15BrFNO4S/c15-9-2-1-8(10(16)5-9)6-22-7-12(18)17-11-3-4-21-13(11)14(19)20/h1-2,5,11,13H,3-4,6-7H2,(H,17,18)(H,19,20)/t11-,13+/m0/s1. The Bertz CT molecular complexity index is 572. The second-order valence-electron chi connectivity index (χ2n) is 4.82. The van der Waals surface area contributed by atoms with E-state index in [4.69, 9.17) is 9.84 Å². The largest absolute Gasteiger partial charge is 0.479 e. The third-order valence-electron chi connectivity index (χ3n) is 3.19. The van der Waals surface area contributed by atoms with Crippen molar-refractivity contribution in [2.75, 3.05) is 12.4 Å². The van der Waals surface area contributed by atoms with Crippen LogP contribution in [-0.2, 0) is 20.1 Å². The molecule has 2 atom stereocenters. The summed E-state index contributed by atoms with van der Waals surface area (Å²) in [4.78, 5) is 22.7. The molecule has 1 aliphatic heterocycles. The highest BCUT2D eigenvalue weighted by Gasteiger charge is 2.34. The maximum absolute atomic E-state index is 13.6. The molecule has 2 N–H and O–H groups in total. The van der Waals surface area contributed by atoms with E-state index in [1.807, 2.05) is 0 Å². The molecule has 5 nitrogen and oxygen atoms in total. The summed E-state index contributed by atoms with van der Waals surface area (Å²) in [7, 11) is 0. The molecular formula is C14H15BrFNO4S. The second-order valence-corrected chi connectivity index (χ2v) is 6.72. The van der Waals surface area contributed by atoms with E-state index in [1.54, 1.807) is 12.1 Å². The number of benzene rings is 1. The first-order valence-corrected chi connectivity index (χ1v) is 8.57. The molecule has 0 unspecified atom stereocenters. The van der Waals surface area contributed by atoms with Crippen LogP contribution < -0.4 is 5.32 Å². The Kier molecular flexibility index (Phi) is 6.22. The van der Waals surface area contributed by atoms with Crippen LogP contribution >= 0.6 is 27.7 Å². The van der Waals surface area contributed by atoms with Crippen LogP contribution in [0.5, 0.6) is 0 Å². The smallest absolute Gasteiger partial charge is 0.334 e. The topological polar surface area (TPSA) is 75.6 Å². The molecule has 120 valence electrons. The van der Waals surface area contributed by atoms with Gasteiger partial charge < -0.3 is 15.2 Å². The van der Waals surface area contributed by atoms with Gasteiger partial charge in [-0.05, 0) is 24.1 Å². The highest BCUT2D eigenvalue weighted by molar-refractivity contribution is 9.10. The highest BCUT2D eigenvalue weighted by atomic mass is 79.9. The molecule has 0 aliphatic carbocycles. The first-order valence-electron chi connectivity index (χ1n) is 6.63. The molecule has 1 heterocycles. The zero-order valence-corrected chi connectivity index (χ0v) is 14.0. The normalized spacial score (nSPS) is 20.8. The van der Waals surface area contributed by atoms with Gasteiger partial charge in [-0.15, -0.1) is 11.8 Å². The number of carbonyl (C=O) groups is 2. The summed E-state index contributed by atoms with van der Waals surface area (Å²) >= 11 is 4.45. The molecule has 1 fully saturated rings. The summed E-state index contributed by atoms with van der Waals surface area (Å²) in [6.45, 7) is 0.319. The van der Waals surface area contributed by atoms with Crippen LogP contribution in [0.25, 0.3) is 0 Å². The summed E-state index contributed by atoms with van der Waals surface area (Å²) in [6, 6.07) is 4.28. The van der Waals surface area contributed by atoms with Crippen molar-refractivity contribution in [3.8, 4) is 0 Å². The number of ether oxygens (including phenoxy) is 1. The lowest BCUT2D eigenvalue weighted by Crippen LogP contribution is -2.44. The lowest BCUT2D eigenvalue weighted by molar-refractivity contribution is -0.148. The molecule has 0 saturated carbocycles. The average molecular weight is 392 g/mol. The molecule has 1 amide bonds. The summed E-state index contributed by atoms with van der Waals surface area (Å²) in [6.07, 6.45) is -0.507. The van der Waals surface area contributed by atoms with Gasteiger partial charge in [0, 0.05) is 16.8 Å². The third kappa shape index (κ3) is 4.69. The fourth-order valence-corrected chi connectivity index (χ4v) is 3.28. The van der Waals surface area contributed by atoms with Crippen molar-refractivity contribution < 1.29 is 23.8 Å². The van der Waals surface area contributed by atoms with Gasteiger partial charge in [0.15, 0.2) is 6.10 Å². The van der Waals surface area contributed by atoms with Crippen molar-refractivity contribution >= 4 is 39.6 Å². The van der Waals surface area contributed by atoms with Crippen molar-refractivity contribution in [3.05, 3.63) is 34.1 Å². The SMILES string of the molecule is O=C(CSCc1ccc(Br)cc1F)N[C@H]1CCO[C@H]1C(=O)O. The van der Waals surface area contributed by atoms with Crippen LogP contribution in [0.3, 0.4) is 0 Å². The third-order valence-corrected chi connectivity index (χ3v) is 4.66. The van der Waals surface area contributed by atoms with Gasteiger partial charge in [0.05, 0.1) is 11.8 Å². The molecule has 1 aliphatic rings. The number of rotatable bonds is 6. The number of nitrogens with one attached hydrogen (secondary N) is 1. The number of carbonyl (C=O) groups excluding carboxylic acids is 1. The van der Waals surface area contributed by atoms with Gasteiger partial charge in [0.2, 0.25) is 5.91 Å². The van der Waals surface area contributed by atoms with Crippen LogP contribution in [-0.4, -0.2) is 41.5 Å². The summed E-state index contributed by atoms with van der Waals surface area (Å²) in [5.74, 6) is -1.16. The first kappa shape index (κ1) is 17.2. The van der Waals surface area contributed by atoms with Gasteiger partial charge in [-0.3, -0.25) is 4.79 Å². The average Bonchev–Trinajstić information content (AvgIpc) is 2.89. The van der Waals surface area contributed by atoms with Gasteiger partial charge in [-0.1, -0.05) is 22.0 Å². The minimum atomic E-state index is -1.08. The second kappa shape index (κ2) is 7.94. The number of hydrogen-bond acceptors (Lipinski definition) is 4. The Morgan fingerprint density at radius 2 is 2.27 bits per heavy atom. The molecule has 1 aromatic rings. The van der Waals surface area contributed by atoms with Gasteiger partial charge >= 0.3 is 5.97 Å². The van der Waals surface area contributed by atoms with Crippen molar-refractivity contribution in [2.45, 2.75) is 24.3 Å². The molecule has 1 aromatic carbocycles. The molecule has 2 rings (SSSR count). The Morgan fingerprint density at radius 1 is 1.50 bits per heavy atom. The summed E-state index contributed by atoms with van der Waals surface area (Å²) in [5, 5.41) is 11.6. The molecule has 0 bridgehead atoms. The fourth-order valence-electron chi connectivity index (χ4n) is 2.12. The van der Waals surface area contributed by atoms with E-state index in [-0.39, 0.29) is 17.5 Å². The summed E-state index contributed by atoms with van der Waals surface area (Å²) in [5.41, 5.74) is 0.522. The van der Waals surface area contributed by atoms with Crippen molar-refractivity contribution in [3.63, 3.8) is 0 Å². The van der Waals surface area contributed by atoms with E-state index < -0.39 is 18.1 Å². The van der Waals surface area contributed by atoms with Crippen molar-refractivity contribution in [1.29, 1.82) is 0 Å². The fraction of sp³-hybridized carbons (Fsp3) is 0.429. The first-order chi connectivity index (χ1) is 10.5. The molecule has 0 radical (unpaired) electrons. The molecule has 8 heteroatoms. The van der Waals surface area contributed by atoms with Crippen LogP contribution in [0.2, 0.25) is 0 Å². The van der Waals surface area contributed by atoms with Crippen molar-refractivity contribution in [1.82, 2.24) is 5.32 Å². The lowest BCUT2D eigenvalue weighted by Gasteiger charge is -2.16. The molecule has 0 aromatic heterocycles. The van der Waals surface area contributed by atoms with E-state index in [9.17, 15) is 14.0 Å². The predicted molar refractivity (Wildman–Crippen MR) is 84.2 cm³/mol. The van der Waals surface area contributed by atoms with E-state index >= 15 is 0 Å². The number of amides is 1.